The highest BCUT2D eigenvalue weighted by Crippen LogP contribution is 2.24. The quantitative estimate of drug-likeness (QED) is 0.921. The van der Waals surface area contributed by atoms with Crippen LogP contribution in [0.15, 0.2) is 35.4 Å². The Kier molecular flexibility index (Phi) is 4.40. The Morgan fingerprint density at radius 1 is 1.30 bits per heavy atom. The first kappa shape index (κ1) is 14.9. The van der Waals surface area contributed by atoms with Crippen LogP contribution in [0.5, 0.6) is 0 Å². The van der Waals surface area contributed by atoms with Crippen LogP contribution in [0.3, 0.4) is 0 Å². The van der Waals surface area contributed by atoms with E-state index in [1.807, 2.05) is 20.8 Å². The van der Waals surface area contributed by atoms with Crippen molar-refractivity contribution in [3.8, 4) is 0 Å². The van der Waals surface area contributed by atoms with Crippen LogP contribution in [-0.4, -0.2) is 19.4 Å². The molecule has 1 aromatic heterocycles. The lowest BCUT2D eigenvalue weighted by Gasteiger charge is -2.15. The van der Waals surface area contributed by atoms with Gasteiger partial charge >= 0.3 is 0 Å². The second kappa shape index (κ2) is 5.89. The number of nitrogens with one attached hydrogen (secondary N) is 1. The van der Waals surface area contributed by atoms with Gasteiger partial charge in [-0.05, 0) is 44.0 Å². The van der Waals surface area contributed by atoms with Gasteiger partial charge in [-0.1, -0.05) is 19.4 Å². The fraction of sp³-hybridized carbons (Fsp3) is 0.400. The second-order valence-corrected chi connectivity index (χ2v) is 6.77. The average Bonchev–Trinajstić information content (AvgIpc) is 2.38. The van der Waals surface area contributed by atoms with Crippen LogP contribution < -0.4 is 4.72 Å². The molecule has 1 aromatic carbocycles. The monoisotopic (exact) mass is 292 g/mol. The highest BCUT2D eigenvalue weighted by atomic mass is 32.2. The maximum absolute atomic E-state index is 12.5. The van der Waals surface area contributed by atoms with Gasteiger partial charge in [0.25, 0.3) is 0 Å². The van der Waals surface area contributed by atoms with Gasteiger partial charge in [0.15, 0.2) is 0 Å². The molecule has 0 saturated carbocycles. The Hall–Kier alpha value is -1.46. The number of nitrogens with zero attached hydrogens (tertiary/aromatic N) is 1. The van der Waals surface area contributed by atoms with Gasteiger partial charge in [0.05, 0.1) is 10.4 Å². The second-order valence-electron chi connectivity index (χ2n) is 5.09. The molecule has 2 rings (SSSR count). The molecule has 0 bridgehead atoms. The maximum atomic E-state index is 12.5. The molecule has 2 aromatic rings. The van der Waals surface area contributed by atoms with Crippen LogP contribution in [0.2, 0.25) is 0 Å². The first-order valence-corrected chi connectivity index (χ1v) is 8.30. The Morgan fingerprint density at radius 3 is 2.75 bits per heavy atom. The van der Waals surface area contributed by atoms with Gasteiger partial charge in [-0.15, -0.1) is 0 Å². The zero-order valence-corrected chi connectivity index (χ0v) is 12.9. The van der Waals surface area contributed by atoms with Gasteiger partial charge in [0.2, 0.25) is 10.0 Å². The highest BCUT2D eigenvalue weighted by molar-refractivity contribution is 7.89. The standard InChI is InChI=1S/C15H20N2O2S/c1-4-6-12(3)17-20(18,19)14-9-8-11(2)15-13(14)7-5-10-16-15/h5,7-10,12,17H,4,6H2,1-3H3/t12-/m0/s1. The van der Waals surface area contributed by atoms with E-state index in [1.165, 1.54) is 0 Å². The van der Waals surface area contributed by atoms with Crippen LogP contribution in [0.25, 0.3) is 10.9 Å². The smallest absolute Gasteiger partial charge is 0.241 e. The molecule has 5 heteroatoms. The molecule has 0 aliphatic carbocycles. The molecule has 4 nitrogen and oxygen atoms in total. The van der Waals surface area contributed by atoms with E-state index >= 15 is 0 Å². The zero-order chi connectivity index (χ0) is 14.8. The fourth-order valence-corrected chi connectivity index (χ4v) is 3.82. The van der Waals surface area contributed by atoms with Gasteiger partial charge in [0.1, 0.15) is 0 Å². The molecule has 108 valence electrons. The molecule has 0 radical (unpaired) electrons. The molecule has 1 atom stereocenters. The molecule has 1 heterocycles. The van der Waals surface area contributed by atoms with E-state index in [2.05, 4.69) is 9.71 Å². The molecule has 0 spiro atoms. The Balaban J connectivity index is 2.50. The summed E-state index contributed by atoms with van der Waals surface area (Å²) in [6.07, 6.45) is 3.44. The molecule has 0 aliphatic rings. The van der Waals surface area contributed by atoms with Crippen molar-refractivity contribution in [3.05, 3.63) is 36.0 Å². The van der Waals surface area contributed by atoms with E-state index in [1.54, 1.807) is 30.5 Å². The molecule has 0 unspecified atom stereocenters. The summed E-state index contributed by atoms with van der Waals surface area (Å²) in [7, 11) is -3.52. The number of aryl methyl sites for hydroxylation is 1. The number of fused-ring (bicyclic) bond motifs is 1. The molecule has 1 N–H and O–H groups in total. The summed E-state index contributed by atoms with van der Waals surface area (Å²) in [6.45, 7) is 5.85. The van der Waals surface area contributed by atoms with E-state index < -0.39 is 10.0 Å². The van der Waals surface area contributed by atoms with Gasteiger partial charge in [-0.2, -0.15) is 0 Å². The Bertz CT molecular complexity index is 711. The molecule has 0 amide bonds. The van der Waals surface area contributed by atoms with E-state index in [0.29, 0.717) is 10.3 Å². The summed E-state index contributed by atoms with van der Waals surface area (Å²) >= 11 is 0. The van der Waals surface area contributed by atoms with Gasteiger partial charge in [0, 0.05) is 17.6 Å². The first-order chi connectivity index (χ1) is 9.45. The first-order valence-electron chi connectivity index (χ1n) is 6.82. The largest absolute Gasteiger partial charge is 0.256 e. The number of sulfonamides is 1. The van der Waals surface area contributed by atoms with Crippen molar-refractivity contribution in [1.29, 1.82) is 0 Å². The van der Waals surface area contributed by atoms with Crippen LogP contribution in [0.4, 0.5) is 0 Å². The number of pyridine rings is 1. The molecule has 0 fully saturated rings. The van der Waals surface area contributed by atoms with Crippen molar-refractivity contribution in [2.24, 2.45) is 0 Å². The summed E-state index contributed by atoms with van der Waals surface area (Å²) in [4.78, 5) is 4.58. The number of rotatable bonds is 5. The average molecular weight is 292 g/mol. The molecule has 20 heavy (non-hydrogen) atoms. The minimum Gasteiger partial charge on any atom is -0.256 e. The summed E-state index contributed by atoms with van der Waals surface area (Å²) in [5.74, 6) is 0. The lowest BCUT2D eigenvalue weighted by Crippen LogP contribution is -2.32. The minimum atomic E-state index is -3.52. The van der Waals surface area contributed by atoms with Crippen LogP contribution in [0, 0.1) is 6.92 Å². The topological polar surface area (TPSA) is 59.1 Å². The predicted octanol–water partition coefficient (Wildman–Crippen LogP) is 3.01. The van der Waals surface area contributed by atoms with Crippen molar-refractivity contribution < 1.29 is 8.42 Å². The molecule has 0 aliphatic heterocycles. The number of benzene rings is 1. The van der Waals surface area contributed by atoms with Crippen molar-refractivity contribution in [3.63, 3.8) is 0 Å². The van der Waals surface area contributed by atoms with Gasteiger partial charge < -0.3 is 0 Å². The third-order valence-corrected chi connectivity index (χ3v) is 4.95. The zero-order valence-electron chi connectivity index (χ0n) is 12.1. The SMILES string of the molecule is CCC[C@H](C)NS(=O)(=O)c1ccc(C)c2ncccc12. The Labute approximate surface area is 120 Å². The molecular formula is C15H20N2O2S. The summed E-state index contributed by atoms with van der Waals surface area (Å²) in [5.41, 5.74) is 1.71. The van der Waals surface area contributed by atoms with Gasteiger partial charge in [-0.3, -0.25) is 4.98 Å². The molecular weight excluding hydrogens is 272 g/mol. The lowest BCUT2D eigenvalue weighted by molar-refractivity contribution is 0.544. The van der Waals surface area contributed by atoms with Crippen molar-refractivity contribution >= 4 is 20.9 Å². The van der Waals surface area contributed by atoms with Crippen LogP contribution >= 0.6 is 0 Å². The van der Waals surface area contributed by atoms with E-state index in [4.69, 9.17) is 0 Å². The van der Waals surface area contributed by atoms with E-state index in [0.717, 1.165) is 23.9 Å². The van der Waals surface area contributed by atoms with Crippen LogP contribution in [0.1, 0.15) is 32.3 Å². The van der Waals surface area contributed by atoms with Gasteiger partial charge in [-0.25, -0.2) is 13.1 Å². The Morgan fingerprint density at radius 2 is 2.05 bits per heavy atom. The number of aromatic nitrogens is 1. The normalized spacial score (nSPS) is 13.6. The molecule has 0 saturated heterocycles. The lowest BCUT2D eigenvalue weighted by atomic mass is 10.1. The van der Waals surface area contributed by atoms with Crippen molar-refractivity contribution in [1.82, 2.24) is 9.71 Å². The third-order valence-electron chi connectivity index (χ3n) is 3.30. The fourth-order valence-electron chi connectivity index (χ4n) is 2.34. The summed E-state index contributed by atoms with van der Waals surface area (Å²) in [5, 5.41) is 0.670. The number of hydrogen-bond acceptors (Lipinski definition) is 3. The third kappa shape index (κ3) is 2.99. The minimum absolute atomic E-state index is 0.0713. The highest BCUT2D eigenvalue weighted by Gasteiger charge is 2.20. The van der Waals surface area contributed by atoms with E-state index in [9.17, 15) is 8.42 Å². The van der Waals surface area contributed by atoms with Crippen molar-refractivity contribution in [2.75, 3.05) is 0 Å². The van der Waals surface area contributed by atoms with E-state index in [-0.39, 0.29) is 6.04 Å². The predicted molar refractivity (Wildman–Crippen MR) is 81.2 cm³/mol. The van der Waals surface area contributed by atoms with Crippen LogP contribution in [-0.2, 0) is 10.0 Å². The van der Waals surface area contributed by atoms with Crippen molar-refractivity contribution in [2.45, 2.75) is 44.6 Å². The summed E-state index contributed by atoms with van der Waals surface area (Å²) < 4.78 is 27.7. The number of hydrogen-bond donors (Lipinski definition) is 1. The summed E-state index contributed by atoms with van der Waals surface area (Å²) in [6, 6.07) is 6.94. The maximum Gasteiger partial charge on any atom is 0.241 e.